The number of carbonyl (C=O) groups excluding carboxylic acids is 3. The third-order valence-corrected chi connectivity index (χ3v) is 1.31. The first kappa shape index (κ1) is 27.2. The van der Waals surface area contributed by atoms with Crippen LogP contribution >= 0.6 is 0 Å². The minimum absolute atomic E-state index is 0.213. The van der Waals surface area contributed by atoms with Crippen molar-refractivity contribution in [2.24, 2.45) is 5.92 Å². The van der Waals surface area contributed by atoms with E-state index in [4.69, 9.17) is 10.4 Å². The van der Waals surface area contributed by atoms with Gasteiger partial charge in [-0.3, -0.25) is 14.4 Å². The van der Waals surface area contributed by atoms with Gasteiger partial charge in [0.25, 0.3) is 0 Å². The predicted molar refractivity (Wildman–Crippen MR) is 77.8 cm³/mol. The molecule has 0 aromatic carbocycles. The molecule has 0 aromatic rings. The maximum atomic E-state index is 10.1. The molecule has 20 heavy (non-hydrogen) atoms. The number of nitrogens with zero attached hydrogens (tertiary/aromatic N) is 2. The number of Topliss-reactive ketones (excluding diaryl/α,β-unsaturated/α-hetero) is 3. The van der Waals surface area contributed by atoms with E-state index in [0.717, 1.165) is 10.1 Å². The topological polar surface area (TPSA) is 98.2 Å². The standard InChI is InChI=1S/C5H10O.C4H6O2.2C2H7NO/c1-4(2)5(3)6;1-3(5)4(2)6;2*1-3(2)4/h4H,1-3H3;1-2H3;2*4H,1-2H3. The molecule has 0 saturated carbocycles. The van der Waals surface area contributed by atoms with Gasteiger partial charge in [-0.25, -0.2) is 0 Å². The van der Waals surface area contributed by atoms with Crippen LogP contribution < -0.4 is 0 Å². The largest absolute Gasteiger partial charge is 0.315 e. The summed E-state index contributed by atoms with van der Waals surface area (Å²) in [5.41, 5.74) is 0. The third-order valence-electron chi connectivity index (χ3n) is 1.31. The molecule has 0 rings (SSSR count). The zero-order chi connectivity index (χ0) is 17.5. The summed E-state index contributed by atoms with van der Waals surface area (Å²) >= 11 is 0. The Morgan fingerprint density at radius 2 is 0.850 bits per heavy atom. The molecule has 0 bridgehead atoms. The minimum atomic E-state index is -0.380. The summed E-state index contributed by atoms with van der Waals surface area (Å²) in [7, 11) is 6.22. The van der Waals surface area contributed by atoms with Gasteiger partial charge in [0.05, 0.1) is 0 Å². The Hall–Kier alpha value is -1.15. The average Bonchev–Trinajstić information content (AvgIpc) is 2.15. The van der Waals surface area contributed by atoms with Gasteiger partial charge in [0.1, 0.15) is 5.78 Å². The van der Waals surface area contributed by atoms with Crippen molar-refractivity contribution in [3.63, 3.8) is 0 Å². The molecule has 7 heteroatoms. The Morgan fingerprint density at radius 1 is 0.750 bits per heavy atom. The summed E-state index contributed by atoms with van der Waals surface area (Å²) in [5, 5.41) is 17.8. The molecule has 0 fully saturated rings. The molecule has 0 saturated heterocycles. The van der Waals surface area contributed by atoms with Crippen LogP contribution in [0.5, 0.6) is 0 Å². The SMILES string of the molecule is CC(=O)C(C)=O.CC(=O)C(C)C.CN(C)O.CN(C)O. The van der Waals surface area contributed by atoms with Crippen molar-refractivity contribution >= 4 is 17.3 Å². The van der Waals surface area contributed by atoms with Crippen LogP contribution in [-0.4, -0.2) is 66.1 Å². The second-order valence-corrected chi connectivity index (χ2v) is 4.57. The summed E-state index contributed by atoms with van der Waals surface area (Å²) in [6.45, 7) is 7.89. The van der Waals surface area contributed by atoms with E-state index in [2.05, 4.69) is 0 Å². The molecule has 0 atom stereocenters. The second kappa shape index (κ2) is 17.8. The van der Waals surface area contributed by atoms with Crippen LogP contribution in [0.25, 0.3) is 0 Å². The number of rotatable bonds is 2. The molecular weight excluding hydrogens is 264 g/mol. The molecule has 0 aromatic heterocycles. The van der Waals surface area contributed by atoms with Crippen LogP contribution in [0.4, 0.5) is 0 Å². The number of ketones is 3. The van der Waals surface area contributed by atoms with Crippen molar-refractivity contribution in [2.75, 3.05) is 28.2 Å². The molecule has 122 valence electrons. The van der Waals surface area contributed by atoms with Gasteiger partial charge in [0, 0.05) is 48.0 Å². The molecule has 0 aliphatic rings. The van der Waals surface area contributed by atoms with Crippen LogP contribution in [0.3, 0.4) is 0 Å². The van der Waals surface area contributed by atoms with Crippen molar-refractivity contribution in [2.45, 2.75) is 34.6 Å². The minimum Gasteiger partial charge on any atom is -0.315 e. The van der Waals surface area contributed by atoms with Crippen LogP contribution in [0.2, 0.25) is 0 Å². The van der Waals surface area contributed by atoms with Crippen LogP contribution in [0, 0.1) is 5.92 Å². The van der Waals surface area contributed by atoms with E-state index in [9.17, 15) is 14.4 Å². The molecule has 2 N–H and O–H groups in total. The van der Waals surface area contributed by atoms with Gasteiger partial charge in [-0.2, -0.15) is 10.1 Å². The first-order valence-corrected chi connectivity index (χ1v) is 5.99. The lowest BCUT2D eigenvalue weighted by molar-refractivity contribution is -0.134. The predicted octanol–water partition coefficient (Wildman–Crippen LogP) is 1.27. The van der Waals surface area contributed by atoms with Gasteiger partial charge in [0.2, 0.25) is 0 Å². The van der Waals surface area contributed by atoms with Crippen molar-refractivity contribution in [1.29, 1.82) is 0 Å². The molecule has 7 nitrogen and oxygen atoms in total. The molecule has 0 spiro atoms. The number of hydrogen-bond donors (Lipinski definition) is 2. The fourth-order valence-corrected chi connectivity index (χ4v) is 0. The zero-order valence-electron chi connectivity index (χ0n) is 14.1. The van der Waals surface area contributed by atoms with E-state index in [1.54, 1.807) is 35.1 Å². The highest BCUT2D eigenvalue weighted by atomic mass is 16.5. The Kier molecular flexibility index (Phi) is 24.3. The summed E-state index contributed by atoms with van der Waals surface area (Å²) in [6.07, 6.45) is 0. The summed E-state index contributed by atoms with van der Waals surface area (Å²) in [5.74, 6) is -0.287. The fourth-order valence-electron chi connectivity index (χ4n) is 0. The Labute approximate surface area is 122 Å². The van der Waals surface area contributed by atoms with Crippen LogP contribution in [0.1, 0.15) is 34.6 Å². The Morgan fingerprint density at radius 3 is 0.850 bits per heavy atom. The van der Waals surface area contributed by atoms with E-state index < -0.39 is 0 Å². The maximum absolute atomic E-state index is 10.1. The first-order valence-electron chi connectivity index (χ1n) is 5.99. The summed E-state index contributed by atoms with van der Waals surface area (Å²) < 4.78 is 0. The lowest BCUT2D eigenvalue weighted by atomic mass is 10.1. The highest BCUT2D eigenvalue weighted by Crippen LogP contribution is 1.89. The molecule has 0 aliphatic carbocycles. The lowest BCUT2D eigenvalue weighted by Crippen LogP contribution is -2.01. The zero-order valence-corrected chi connectivity index (χ0v) is 14.1. The molecule has 0 radical (unpaired) electrons. The third kappa shape index (κ3) is 90.2. The smallest absolute Gasteiger partial charge is 0.195 e. The molecule has 0 aliphatic heterocycles. The van der Waals surface area contributed by atoms with Crippen LogP contribution in [0.15, 0.2) is 0 Å². The quantitative estimate of drug-likeness (QED) is 0.584. The van der Waals surface area contributed by atoms with E-state index >= 15 is 0 Å². The van der Waals surface area contributed by atoms with Crippen molar-refractivity contribution < 1.29 is 24.8 Å². The highest BCUT2D eigenvalue weighted by Gasteiger charge is 1.95. The van der Waals surface area contributed by atoms with Crippen molar-refractivity contribution in [3.8, 4) is 0 Å². The number of hydroxylamine groups is 4. The second-order valence-electron chi connectivity index (χ2n) is 4.57. The van der Waals surface area contributed by atoms with E-state index in [-0.39, 0.29) is 23.3 Å². The summed E-state index contributed by atoms with van der Waals surface area (Å²) in [6, 6.07) is 0. The van der Waals surface area contributed by atoms with Crippen molar-refractivity contribution in [1.82, 2.24) is 10.1 Å². The van der Waals surface area contributed by atoms with Crippen molar-refractivity contribution in [3.05, 3.63) is 0 Å². The van der Waals surface area contributed by atoms with Gasteiger partial charge >= 0.3 is 0 Å². The fraction of sp³-hybridized carbons (Fsp3) is 0.769. The van der Waals surface area contributed by atoms with Gasteiger partial charge in [0.15, 0.2) is 11.6 Å². The lowest BCUT2D eigenvalue weighted by Gasteiger charge is -1.90. The monoisotopic (exact) mass is 294 g/mol. The van der Waals surface area contributed by atoms with Gasteiger partial charge in [-0.1, -0.05) is 13.8 Å². The maximum Gasteiger partial charge on any atom is 0.195 e. The first-order chi connectivity index (χ1) is 8.75. The number of hydrogen-bond acceptors (Lipinski definition) is 7. The molecular formula is C13H30N2O5. The highest BCUT2D eigenvalue weighted by molar-refractivity contribution is 6.35. The summed E-state index contributed by atoms with van der Waals surface area (Å²) in [4.78, 5) is 29.7. The molecule has 0 amide bonds. The molecule has 0 unspecified atom stereocenters. The van der Waals surface area contributed by atoms with E-state index in [1.807, 2.05) is 13.8 Å². The Balaban J connectivity index is -0.0000000871. The number of carbonyl (C=O) groups is 3. The average molecular weight is 294 g/mol. The van der Waals surface area contributed by atoms with Gasteiger partial charge in [-0.15, -0.1) is 0 Å². The van der Waals surface area contributed by atoms with Gasteiger partial charge in [-0.05, 0) is 6.92 Å². The van der Waals surface area contributed by atoms with E-state index in [1.165, 1.54) is 13.8 Å². The van der Waals surface area contributed by atoms with Gasteiger partial charge < -0.3 is 10.4 Å². The van der Waals surface area contributed by atoms with Crippen LogP contribution in [-0.2, 0) is 14.4 Å². The normalized spacial score (nSPS) is 8.70. The Bertz CT molecular complexity index is 240. The van der Waals surface area contributed by atoms with E-state index in [0.29, 0.717) is 0 Å². The molecule has 0 heterocycles.